The van der Waals surface area contributed by atoms with Crippen molar-refractivity contribution < 1.29 is 9.68 Å². The number of aromatic nitrogens is 6. The summed E-state index contributed by atoms with van der Waals surface area (Å²) in [5, 5.41) is 23.4. The predicted molar refractivity (Wildman–Crippen MR) is 355 cm³/mol. The van der Waals surface area contributed by atoms with Gasteiger partial charge < -0.3 is 9.68 Å². The summed E-state index contributed by atoms with van der Waals surface area (Å²) in [4.78, 5) is 10.4. The third-order valence-corrected chi connectivity index (χ3v) is 17.7. The van der Waals surface area contributed by atoms with Crippen molar-refractivity contribution in [2.45, 2.75) is 52.4 Å². The molecule has 0 spiro atoms. The van der Waals surface area contributed by atoms with Crippen LogP contribution < -0.4 is 4.65 Å². The van der Waals surface area contributed by atoms with Crippen molar-refractivity contribution in [3.05, 3.63) is 234 Å². The fourth-order valence-corrected chi connectivity index (χ4v) is 13.5. The van der Waals surface area contributed by atoms with E-state index in [9.17, 15) is 0 Å². The second-order valence-corrected chi connectivity index (χ2v) is 25.4. The molecule has 0 saturated carbocycles. The Morgan fingerprint density at radius 2 is 0.750 bits per heavy atom. The lowest BCUT2D eigenvalue weighted by Gasteiger charge is -2.19. The van der Waals surface area contributed by atoms with Gasteiger partial charge in [0.25, 0.3) is 0 Å². The summed E-state index contributed by atoms with van der Waals surface area (Å²) in [5.74, 6) is 2.58. The molecule has 0 unspecified atom stereocenters. The molecule has 1 radical (unpaired) electrons. The highest BCUT2D eigenvalue weighted by molar-refractivity contribution is 9.10. The van der Waals surface area contributed by atoms with Crippen LogP contribution in [-0.4, -0.2) is 40.3 Å². The van der Waals surface area contributed by atoms with E-state index in [0.29, 0.717) is 13.4 Å². The zero-order valence-corrected chi connectivity index (χ0v) is 48.9. The molecule has 12 aromatic carbocycles. The summed E-state index contributed by atoms with van der Waals surface area (Å²) in [6.45, 7) is 13.3. The van der Waals surface area contributed by atoms with E-state index in [1.807, 2.05) is 24.3 Å². The minimum Gasteiger partial charge on any atom is -0.537 e. The van der Waals surface area contributed by atoms with E-state index in [1.165, 1.54) is 120 Å². The van der Waals surface area contributed by atoms with E-state index in [0.717, 1.165) is 38.1 Å². The SMILES string of the molecule is Brc1cc2c3cc4ccccc4cc3n3c2c(c1)n1c2cc4ccccc4cc2nc13.CC(C)(C)c1ccc(-c2cc3c4cc5ccccc5cc4n4c3c(c2)n2c3cc5ccccc5cc3nc24)cc1.CC(C)(C)c1ccc(O[B]O)cc1. The van der Waals surface area contributed by atoms with E-state index in [-0.39, 0.29) is 10.8 Å². The molecule has 0 saturated heterocycles. The zero-order valence-electron chi connectivity index (χ0n) is 47.3. The highest BCUT2D eigenvalue weighted by atomic mass is 79.9. The van der Waals surface area contributed by atoms with Crippen molar-refractivity contribution in [2.24, 2.45) is 0 Å². The van der Waals surface area contributed by atoms with Crippen molar-refractivity contribution in [3.8, 4) is 16.9 Å². The lowest BCUT2D eigenvalue weighted by atomic mass is 9.86. The number of rotatable bonds is 3. The Bertz CT molecular complexity index is 5660. The zero-order chi connectivity index (χ0) is 56.9. The Hall–Kier alpha value is -9.48. The van der Waals surface area contributed by atoms with Gasteiger partial charge in [-0.1, -0.05) is 191 Å². The maximum absolute atomic E-state index is 8.40. The molecule has 0 aliphatic carbocycles. The lowest BCUT2D eigenvalue weighted by Crippen LogP contribution is -2.10. The van der Waals surface area contributed by atoms with Crippen molar-refractivity contribution in [2.75, 3.05) is 0 Å². The van der Waals surface area contributed by atoms with E-state index in [1.54, 1.807) is 0 Å². The second kappa shape index (κ2) is 18.5. The average molecular weight is 1150 g/mol. The molecule has 0 fully saturated rings. The average Bonchev–Trinajstić information content (AvgIpc) is 1.56. The number of halogens is 1. The molecule has 18 aromatic rings. The van der Waals surface area contributed by atoms with Crippen molar-refractivity contribution >= 4 is 155 Å². The Balaban J connectivity index is 0.000000116. The maximum Gasteiger partial charge on any atom is 0.569 e. The van der Waals surface area contributed by atoms with Gasteiger partial charge in [0.15, 0.2) is 0 Å². The van der Waals surface area contributed by atoms with Crippen LogP contribution in [0.5, 0.6) is 5.75 Å². The molecule has 18 rings (SSSR count). The van der Waals surface area contributed by atoms with Crippen LogP contribution in [-0.2, 0) is 10.8 Å². The van der Waals surface area contributed by atoms with Crippen LogP contribution in [0.3, 0.4) is 0 Å². The molecular formula is C74H55BBrN6O2. The first-order valence-corrected chi connectivity index (χ1v) is 29.4. The van der Waals surface area contributed by atoms with Crippen molar-refractivity contribution in [1.29, 1.82) is 0 Å². The number of fused-ring (bicyclic) bond motifs is 20. The molecule has 0 aliphatic heterocycles. The highest BCUT2D eigenvalue weighted by Gasteiger charge is 2.25. The summed E-state index contributed by atoms with van der Waals surface area (Å²) in [7, 11) is 0.687. The van der Waals surface area contributed by atoms with Gasteiger partial charge in [0.1, 0.15) is 0 Å². The Morgan fingerprint density at radius 1 is 0.369 bits per heavy atom. The van der Waals surface area contributed by atoms with E-state index >= 15 is 0 Å². The minimum absolute atomic E-state index is 0.123. The standard InChI is InChI=1S/C37H27N3.C27H14BrN3.C10H14BO2/c1-37(2,3)28-14-12-22(13-15-28)27-17-30-29-16-23-8-4-6-10-25(23)19-32(29)40-35(30)34(21-27)39-33-20-26-11-7-5-9-24(26)18-31(33)38-36(39)40;28-19-13-21-20-9-15-5-1-3-7-17(15)11-23(20)31-26(21)25(14-19)30-24-12-18-8-4-2-6-16(18)10-22(24)29-27(30)31;1-10(2,3)8-4-6-9(7-5-8)13-11-12/h4-21H,1-3H3;1-14H;4-7,12H,1-3H3. The molecule has 8 nitrogen and oxygen atoms in total. The molecule has 6 heterocycles. The van der Waals surface area contributed by atoms with Gasteiger partial charge in [-0.05, 0) is 161 Å². The van der Waals surface area contributed by atoms with Crippen LogP contribution in [0.25, 0.3) is 142 Å². The first kappa shape index (κ1) is 50.3. The molecule has 1 N–H and O–H groups in total. The normalized spacial score (nSPS) is 12.5. The summed E-state index contributed by atoms with van der Waals surface area (Å²) < 4.78 is 15.3. The minimum atomic E-state index is 0.123. The fraction of sp³-hybridized carbons (Fsp3) is 0.108. The van der Waals surface area contributed by atoms with Gasteiger partial charge in [-0.15, -0.1) is 0 Å². The summed E-state index contributed by atoms with van der Waals surface area (Å²) in [5.41, 5.74) is 16.9. The second-order valence-electron chi connectivity index (χ2n) is 24.5. The van der Waals surface area contributed by atoms with Crippen molar-refractivity contribution in [3.63, 3.8) is 0 Å². The van der Waals surface area contributed by atoms with E-state index in [2.05, 4.69) is 269 Å². The third kappa shape index (κ3) is 7.84. The van der Waals surface area contributed by atoms with Gasteiger partial charge in [-0.3, -0.25) is 17.6 Å². The molecule has 0 amide bonds. The Morgan fingerprint density at radius 3 is 1.18 bits per heavy atom. The molecule has 84 heavy (non-hydrogen) atoms. The number of nitrogens with zero attached hydrogens (tertiary/aromatic N) is 6. The largest absolute Gasteiger partial charge is 0.569 e. The van der Waals surface area contributed by atoms with Gasteiger partial charge in [0.2, 0.25) is 11.6 Å². The van der Waals surface area contributed by atoms with Crippen LogP contribution in [0.15, 0.2) is 223 Å². The lowest BCUT2D eigenvalue weighted by molar-refractivity contribution is 0.453. The topological polar surface area (TPSA) is 72.9 Å². The monoisotopic (exact) mass is 1150 g/mol. The molecule has 403 valence electrons. The Kier molecular flexibility index (Phi) is 11.1. The van der Waals surface area contributed by atoms with Crippen molar-refractivity contribution in [1.82, 2.24) is 27.6 Å². The quantitative estimate of drug-likeness (QED) is 0.179. The third-order valence-electron chi connectivity index (χ3n) is 17.3. The fourth-order valence-electron chi connectivity index (χ4n) is 13.0. The number of imidazole rings is 4. The summed E-state index contributed by atoms with van der Waals surface area (Å²) >= 11 is 3.77. The predicted octanol–water partition coefficient (Wildman–Crippen LogP) is 19.2. The van der Waals surface area contributed by atoms with Crippen LogP contribution in [0.4, 0.5) is 0 Å². The van der Waals surface area contributed by atoms with Crippen LogP contribution in [0, 0.1) is 0 Å². The molecule has 10 heteroatoms. The number of benzene rings is 12. The summed E-state index contributed by atoms with van der Waals surface area (Å²) in [6.07, 6.45) is 0. The van der Waals surface area contributed by atoms with Crippen LogP contribution in [0.1, 0.15) is 52.7 Å². The highest BCUT2D eigenvalue weighted by Crippen LogP contribution is 2.44. The van der Waals surface area contributed by atoms with Gasteiger partial charge in [0, 0.05) is 26.0 Å². The molecular weight excluding hydrogens is 1100 g/mol. The first-order valence-electron chi connectivity index (χ1n) is 28.6. The van der Waals surface area contributed by atoms with E-state index in [4.69, 9.17) is 19.6 Å². The molecule has 0 atom stereocenters. The van der Waals surface area contributed by atoms with Gasteiger partial charge in [0.05, 0.1) is 60.9 Å². The Labute approximate surface area is 492 Å². The summed E-state index contributed by atoms with van der Waals surface area (Å²) in [6, 6.07) is 78.5. The van der Waals surface area contributed by atoms with Gasteiger partial charge >= 0.3 is 7.69 Å². The van der Waals surface area contributed by atoms with Gasteiger partial charge in [-0.25, -0.2) is 9.97 Å². The molecule has 6 aromatic heterocycles. The van der Waals surface area contributed by atoms with Gasteiger partial charge in [-0.2, -0.15) is 0 Å². The van der Waals surface area contributed by atoms with Crippen LogP contribution in [0.2, 0.25) is 0 Å². The first-order chi connectivity index (χ1) is 40.7. The number of hydrogen-bond acceptors (Lipinski definition) is 4. The maximum atomic E-state index is 8.40. The van der Waals surface area contributed by atoms with E-state index < -0.39 is 0 Å². The molecule has 0 aliphatic rings. The molecule has 0 bridgehead atoms. The number of hydrogen-bond donors (Lipinski definition) is 1. The van der Waals surface area contributed by atoms with Crippen LogP contribution >= 0.6 is 15.9 Å². The smallest absolute Gasteiger partial charge is 0.537 e.